The Labute approximate surface area is 166 Å². The van der Waals surface area contributed by atoms with Crippen LogP contribution in [-0.4, -0.2) is 31.0 Å². The molecule has 2 aromatic carbocycles. The summed E-state index contributed by atoms with van der Waals surface area (Å²) in [4.78, 5) is 15.8. The predicted molar refractivity (Wildman–Crippen MR) is 102 cm³/mol. The Hall–Kier alpha value is -2.85. The maximum absolute atomic E-state index is 13.6. The molecule has 1 aromatic heterocycles. The molecule has 0 bridgehead atoms. The molecule has 0 radical (unpaired) electrons. The van der Waals surface area contributed by atoms with Crippen LogP contribution in [0, 0.1) is 6.92 Å². The molecule has 10 heteroatoms. The summed E-state index contributed by atoms with van der Waals surface area (Å²) in [6.45, 7) is 0.0972. The molecule has 0 aliphatic heterocycles. The topological polar surface area (TPSA) is 90.3 Å². The lowest BCUT2D eigenvalue weighted by molar-refractivity contribution is 0.0600. The SMILES string of the molecule is COC(=O)c1ccc(C)c(S(=O)(=O)N[C@H](C)c2nc3ccccc3n2C(F)F)c1. The van der Waals surface area contributed by atoms with Crippen LogP contribution < -0.4 is 4.72 Å². The minimum atomic E-state index is -4.14. The van der Waals surface area contributed by atoms with Gasteiger partial charge in [-0.1, -0.05) is 18.2 Å². The summed E-state index contributed by atoms with van der Waals surface area (Å²) in [5.41, 5.74) is 0.982. The van der Waals surface area contributed by atoms with E-state index in [2.05, 4.69) is 14.4 Å². The number of halogens is 2. The zero-order valence-electron chi connectivity index (χ0n) is 15.9. The number of rotatable bonds is 6. The molecule has 3 aromatic rings. The Morgan fingerprint density at radius 1 is 1.21 bits per heavy atom. The molecule has 0 saturated carbocycles. The highest BCUT2D eigenvalue weighted by atomic mass is 32.2. The Morgan fingerprint density at radius 2 is 1.90 bits per heavy atom. The molecule has 154 valence electrons. The molecule has 1 N–H and O–H groups in total. The van der Waals surface area contributed by atoms with Crippen molar-refractivity contribution >= 4 is 27.0 Å². The number of imidazole rings is 1. The van der Waals surface area contributed by atoms with Crippen LogP contribution in [0.25, 0.3) is 11.0 Å². The molecule has 0 fully saturated rings. The number of ether oxygens (including phenoxy) is 1. The van der Waals surface area contributed by atoms with Crippen molar-refractivity contribution < 1.29 is 26.7 Å². The van der Waals surface area contributed by atoms with Crippen molar-refractivity contribution in [2.45, 2.75) is 31.3 Å². The molecule has 3 rings (SSSR count). The fraction of sp³-hybridized carbons (Fsp3) is 0.263. The first-order chi connectivity index (χ1) is 13.7. The molecule has 7 nitrogen and oxygen atoms in total. The third kappa shape index (κ3) is 3.99. The van der Waals surface area contributed by atoms with Gasteiger partial charge in [0, 0.05) is 0 Å². The number of carbonyl (C=O) groups is 1. The van der Waals surface area contributed by atoms with Crippen LogP contribution in [0.15, 0.2) is 47.4 Å². The van der Waals surface area contributed by atoms with Gasteiger partial charge >= 0.3 is 12.5 Å². The lowest BCUT2D eigenvalue weighted by Crippen LogP contribution is -2.29. The highest BCUT2D eigenvalue weighted by molar-refractivity contribution is 7.89. The van der Waals surface area contributed by atoms with Crippen molar-refractivity contribution in [2.75, 3.05) is 7.11 Å². The highest BCUT2D eigenvalue weighted by Gasteiger charge is 2.27. The number of aromatic nitrogens is 2. The summed E-state index contributed by atoms with van der Waals surface area (Å²) in [5.74, 6) is -0.805. The van der Waals surface area contributed by atoms with E-state index in [0.29, 0.717) is 15.6 Å². The second-order valence-corrected chi connectivity index (χ2v) is 8.10. The number of hydrogen-bond acceptors (Lipinski definition) is 5. The first-order valence-electron chi connectivity index (χ1n) is 8.62. The van der Waals surface area contributed by atoms with Gasteiger partial charge in [0.25, 0.3) is 0 Å². The molecule has 0 saturated heterocycles. The van der Waals surface area contributed by atoms with Crippen LogP contribution in [0.3, 0.4) is 0 Å². The number of aryl methyl sites for hydroxylation is 1. The highest BCUT2D eigenvalue weighted by Crippen LogP contribution is 2.28. The average Bonchev–Trinajstić information content (AvgIpc) is 3.07. The largest absolute Gasteiger partial charge is 0.465 e. The summed E-state index contributed by atoms with van der Waals surface area (Å²) in [6, 6.07) is 9.37. The van der Waals surface area contributed by atoms with Gasteiger partial charge in [-0.15, -0.1) is 0 Å². The third-order valence-electron chi connectivity index (χ3n) is 4.44. The van der Waals surface area contributed by atoms with Gasteiger partial charge in [-0.3, -0.25) is 4.57 Å². The van der Waals surface area contributed by atoms with Crippen LogP contribution in [0.5, 0.6) is 0 Å². The number of para-hydroxylation sites is 2. The zero-order chi connectivity index (χ0) is 21.3. The number of sulfonamides is 1. The van der Waals surface area contributed by atoms with Gasteiger partial charge in [0.05, 0.1) is 34.6 Å². The monoisotopic (exact) mass is 423 g/mol. The average molecular weight is 423 g/mol. The Bertz CT molecular complexity index is 1180. The number of hydrogen-bond donors (Lipinski definition) is 1. The molecule has 0 aliphatic rings. The van der Waals surface area contributed by atoms with E-state index in [4.69, 9.17) is 0 Å². The summed E-state index contributed by atoms with van der Waals surface area (Å²) in [7, 11) is -2.95. The predicted octanol–water partition coefficient (Wildman–Crippen LogP) is 3.57. The van der Waals surface area contributed by atoms with Gasteiger partial charge in [-0.05, 0) is 43.7 Å². The first-order valence-corrected chi connectivity index (χ1v) is 10.1. The quantitative estimate of drug-likeness (QED) is 0.612. The lowest BCUT2D eigenvalue weighted by atomic mass is 10.1. The van der Waals surface area contributed by atoms with E-state index in [1.807, 2.05) is 0 Å². The van der Waals surface area contributed by atoms with Crippen LogP contribution in [-0.2, 0) is 14.8 Å². The fourth-order valence-electron chi connectivity index (χ4n) is 3.06. The van der Waals surface area contributed by atoms with Crippen molar-refractivity contribution in [1.29, 1.82) is 0 Å². The molecular weight excluding hydrogens is 404 g/mol. The molecule has 29 heavy (non-hydrogen) atoms. The van der Waals surface area contributed by atoms with Crippen LogP contribution in [0.2, 0.25) is 0 Å². The van der Waals surface area contributed by atoms with Crippen LogP contribution >= 0.6 is 0 Å². The molecule has 1 heterocycles. The normalized spacial score (nSPS) is 13.0. The number of nitrogens with zero attached hydrogens (tertiary/aromatic N) is 2. The van der Waals surface area contributed by atoms with Gasteiger partial charge in [0.15, 0.2) is 0 Å². The summed E-state index contributed by atoms with van der Waals surface area (Å²) in [6.07, 6.45) is 0. The number of carbonyl (C=O) groups excluding carboxylic acids is 1. The number of fused-ring (bicyclic) bond motifs is 1. The molecule has 0 aliphatic carbocycles. The first kappa shape index (κ1) is 20.9. The molecule has 0 amide bonds. The minimum absolute atomic E-state index is 0.0611. The Balaban J connectivity index is 2.01. The number of nitrogens with one attached hydrogen (secondary N) is 1. The number of methoxy groups -OCH3 is 1. The van der Waals surface area contributed by atoms with E-state index in [1.165, 1.54) is 38.3 Å². The number of benzene rings is 2. The summed E-state index contributed by atoms with van der Waals surface area (Å²) in [5, 5.41) is 0. The van der Waals surface area contributed by atoms with Crippen LogP contribution in [0.4, 0.5) is 8.78 Å². The fourth-order valence-corrected chi connectivity index (χ4v) is 4.53. The second kappa shape index (κ2) is 7.88. The van der Waals surface area contributed by atoms with E-state index >= 15 is 0 Å². The summed E-state index contributed by atoms with van der Waals surface area (Å²) >= 11 is 0. The second-order valence-electron chi connectivity index (χ2n) is 6.42. The van der Waals surface area contributed by atoms with E-state index < -0.39 is 28.6 Å². The number of esters is 1. The third-order valence-corrected chi connectivity index (χ3v) is 6.12. The van der Waals surface area contributed by atoms with Crippen molar-refractivity contribution in [3.05, 3.63) is 59.4 Å². The zero-order valence-corrected chi connectivity index (χ0v) is 16.7. The van der Waals surface area contributed by atoms with Gasteiger partial charge in [0.2, 0.25) is 10.0 Å². The Morgan fingerprint density at radius 3 is 2.55 bits per heavy atom. The Kier molecular flexibility index (Phi) is 5.67. The van der Waals surface area contributed by atoms with E-state index in [0.717, 1.165) is 0 Å². The maximum Gasteiger partial charge on any atom is 0.337 e. The molecule has 0 unspecified atom stereocenters. The van der Waals surface area contributed by atoms with Crippen molar-refractivity contribution in [3.63, 3.8) is 0 Å². The van der Waals surface area contributed by atoms with Crippen molar-refractivity contribution in [2.24, 2.45) is 0 Å². The standard InChI is InChI=1S/C19H19F2N3O4S/c1-11-8-9-13(18(25)28-3)10-16(11)29(26,27)23-12(2)17-22-14-6-4-5-7-15(14)24(17)19(20)21/h4-10,12,19,23H,1-3H3/t12-/m1/s1. The smallest absolute Gasteiger partial charge is 0.337 e. The molecular formula is C19H19F2N3O4S. The number of alkyl halides is 2. The van der Waals surface area contributed by atoms with Crippen LogP contribution in [0.1, 0.15) is 41.3 Å². The van der Waals surface area contributed by atoms with Gasteiger partial charge in [0.1, 0.15) is 5.82 Å². The molecule has 1 atom stereocenters. The maximum atomic E-state index is 13.6. The lowest BCUT2D eigenvalue weighted by Gasteiger charge is -2.17. The minimum Gasteiger partial charge on any atom is -0.465 e. The molecule has 0 spiro atoms. The van der Waals surface area contributed by atoms with Gasteiger partial charge in [-0.2, -0.15) is 8.78 Å². The van der Waals surface area contributed by atoms with E-state index in [9.17, 15) is 22.0 Å². The van der Waals surface area contributed by atoms with Crippen molar-refractivity contribution in [1.82, 2.24) is 14.3 Å². The van der Waals surface area contributed by atoms with E-state index in [-0.39, 0.29) is 21.8 Å². The summed E-state index contributed by atoms with van der Waals surface area (Å²) < 4.78 is 60.8. The van der Waals surface area contributed by atoms with Gasteiger partial charge < -0.3 is 4.74 Å². The van der Waals surface area contributed by atoms with Gasteiger partial charge in [-0.25, -0.2) is 22.9 Å². The van der Waals surface area contributed by atoms with E-state index in [1.54, 1.807) is 25.1 Å². The van der Waals surface area contributed by atoms with Crippen molar-refractivity contribution in [3.8, 4) is 0 Å².